The molecule has 0 fully saturated rings. The van der Waals surface area contributed by atoms with E-state index in [4.69, 9.17) is 0 Å². The molecule has 2 N–H and O–H groups in total. The van der Waals surface area contributed by atoms with Gasteiger partial charge >= 0.3 is 5.97 Å². The smallest absolute Gasteiger partial charge is 0.336 e. The van der Waals surface area contributed by atoms with Crippen LogP contribution in [0.3, 0.4) is 0 Å². The molecule has 1 amide bonds. The molecule has 2 rings (SSSR count). The lowest BCUT2D eigenvalue weighted by atomic mass is 10.0. The number of carboxylic acid groups (broad SMARTS) is 1. The Labute approximate surface area is 127 Å². The molecule has 0 unspecified atom stereocenters. The van der Waals surface area contributed by atoms with Crippen molar-refractivity contribution in [2.45, 2.75) is 27.2 Å². The van der Waals surface area contributed by atoms with Crippen molar-refractivity contribution in [3.8, 4) is 0 Å². The molecule has 0 aliphatic rings. The second-order valence-corrected chi connectivity index (χ2v) is 5.79. The van der Waals surface area contributed by atoms with E-state index in [-0.39, 0.29) is 11.5 Å². The first-order chi connectivity index (χ1) is 9.93. The number of amides is 1. The van der Waals surface area contributed by atoms with Crippen LogP contribution in [0.2, 0.25) is 0 Å². The number of nitrogens with one attached hydrogen (secondary N) is 1. The van der Waals surface area contributed by atoms with E-state index in [1.165, 1.54) is 17.4 Å². The Morgan fingerprint density at radius 1 is 1.24 bits per heavy atom. The summed E-state index contributed by atoms with van der Waals surface area (Å²) in [7, 11) is 0. The van der Waals surface area contributed by atoms with Crippen LogP contribution >= 0.6 is 11.3 Å². The minimum absolute atomic E-state index is 0.190. The zero-order chi connectivity index (χ0) is 15.6. The van der Waals surface area contributed by atoms with E-state index in [0.29, 0.717) is 16.1 Å². The third kappa shape index (κ3) is 3.13. The van der Waals surface area contributed by atoms with Gasteiger partial charge in [0.1, 0.15) is 0 Å². The van der Waals surface area contributed by atoms with Gasteiger partial charge in [-0.1, -0.05) is 13.0 Å². The predicted octanol–water partition coefficient (Wildman–Crippen LogP) is 3.88. The minimum atomic E-state index is -0.992. The van der Waals surface area contributed by atoms with Gasteiger partial charge in [0.25, 0.3) is 5.91 Å². The summed E-state index contributed by atoms with van der Waals surface area (Å²) in [5, 5.41) is 13.9. The van der Waals surface area contributed by atoms with Crippen LogP contribution in [0.15, 0.2) is 23.6 Å². The van der Waals surface area contributed by atoms with Crippen LogP contribution in [0.25, 0.3) is 0 Å². The fourth-order valence-electron chi connectivity index (χ4n) is 2.21. The summed E-state index contributed by atoms with van der Waals surface area (Å²) in [6.45, 7) is 5.60. The molecule has 2 aromatic rings. The lowest BCUT2D eigenvalue weighted by Gasteiger charge is -2.11. The number of rotatable bonds is 4. The number of carbonyl (C=O) groups is 2. The maximum absolute atomic E-state index is 12.3. The first-order valence-electron chi connectivity index (χ1n) is 6.66. The van der Waals surface area contributed by atoms with Crippen molar-refractivity contribution in [1.82, 2.24) is 0 Å². The number of thiophene rings is 1. The highest BCUT2D eigenvalue weighted by atomic mass is 32.1. The molecule has 1 heterocycles. The Bertz CT molecular complexity index is 704. The fourth-order valence-corrected chi connectivity index (χ4v) is 3.10. The standard InChI is InChI=1S/C16H17NO3S/c1-4-11-5-6-21-14(11)15(18)17-13-8-12(16(19)20)9(2)7-10(13)3/h5-8H,4H2,1-3H3,(H,17,18)(H,19,20). The topological polar surface area (TPSA) is 66.4 Å². The fraction of sp³-hybridized carbons (Fsp3) is 0.250. The Kier molecular flexibility index (Phi) is 4.43. The minimum Gasteiger partial charge on any atom is -0.478 e. The summed E-state index contributed by atoms with van der Waals surface area (Å²) in [6.07, 6.45) is 0.791. The van der Waals surface area contributed by atoms with Crippen LogP contribution in [-0.2, 0) is 6.42 Å². The molecule has 0 atom stereocenters. The molecule has 0 radical (unpaired) electrons. The maximum Gasteiger partial charge on any atom is 0.336 e. The van der Waals surface area contributed by atoms with Gasteiger partial charge in [0.05, 0.1) is 10.4 Å². The lowest BCUT2D eigenvalue weighted by molar-refractivity contribution is 0.0695. The zero-order valence-electron chi connectivity index (χ0n) is 12.2. The van der Waals surface area contributed by atoms with Crippen molar-refractivity contribution >= 4 is 28.9 Å². The van der Waals surface area contributed by atoms with E-state index in [1.807, 2.05) is 25.3 Å². The van der Waals surface area contributed by atoms with Gasteiger partial charge in [0.2, 0.25) is 0 Å². The summed E-state index contributed by atoms with van der Waals surface area (Å²) in [5.74, 6) is -1.18. The van der Waals surface area contributed by atoms with E-state index in [0.717, 1.165) is 17.5 Å². The highest BCUT2D eigenvalue weighted by molar-refractivity contribution is 7.12. The van der Waals surface area contributed by atoms with Gasteiger partial charge in [-0.3, -0.25) is 4.79 Å². The molecule has 110 valence electrons. The van der Waals surface area contributed by atoms with Gasteiger partial charge < -0.3 is 10.4 Å². The van der Waals surface area contributed by atoms with Crippen molar-refractivity contribution in [3.05, 3.63) is 50.7 Å². The van der Waals surface area contributed by atoms with Crippen LogP contribution in [0.1, 0.15) is 43.6 Å². The molecule has 0 spiro atoms. The third-order valence-electron chi connectivity index (χ3n) is 3.38. The first-order valence-corrected chi connectivity index (χ1v) is 7.54. The Morgan fingerprint density at radius 2 is 1.95 bits per heavy atom. The van der Waals surface area contributed by atoms with Gasteiger partial charge in [-0.25, -0.2) is 4.79 Å². The van der Waals surface area contributed by atoms with Crippen LogP contribution < -0.4 is 5.32 Å². The molecule has 4 nitrogen and oxygen atoms in total. The Morgan fingerprint density at radius 3 is 2.57 bits per heavy atom. The van der Waals surface area contributed by atoms with Crippen LogP contribution in [0.4, 0.5) is 5.69 Å². The highest BCUT2D eigenvalue weighted by Gasteiger charge is 2.15. The maximum atomic E-state index is 12.3. The number of benzene rings is 1. The average molecular weight is 303 g/mol. The normalized spacial score (nSPS) is 10.4. The van der Waals surface area contributed by atoms with E-state index in [1.54, 1.807) is 13.0 Å². The van der Waals surface area contributed by atoms with Crippen molar-refractivity contribution in [1.29, 1.82) is 0 Å². The SMILES string of the molecule is CCc1ccsc1C(=O)Nc1cc(C(=O)O)c(C)cc1C. The van der Waals surface area contributed by atoms with Crippen LogP contribution in [0.5, 0.6) is 0 Å². The number of hydrogen-bond acceptors (Lipinski definition) is 3. The van der Waals surface area contributed by atoms with Gasteiger partial charge in [0.15, 0.2) is 0 Å². The largest absolute Gasteiger partial charge is 0.478 e. The number of anilines is 1. The van der Waals surface area contributed by atoms with Gasteiger partial charge in [-0.2, -0.15) is 0 Å². The van der Waals surface area contributed by atoms with E-state index < -0.39 is 5.97 Å². The Hall–Kier alpha value is -2.14. The third-order valence-corrected chi connectivity index (χ3v) is 4.34. The predicted molar refractivity (Wildman–Crippen MR) is 84.5 cm³/mol. The van der Waals surface area contributed by atoms with E-state index >= 15 is 0 Å². The summed E-state index contributed by atoms with van der Waals surface area (Å²) in [6, 6.07) is 5.22. The van der Waals surface area contributed by atoms with Gasteiger partial charge in [0, 0.05) is 5.69 Å². The second-order valence-electron chi connectivity index (χ2n) is 4.87. The van der Waals surface area contributed by atoms with Gasteiger partial charge in [-0.05, 0) is 54.5 Å². The van der Waals surface area contributed by atoms with E-state index in [9.17, 15) is 14.7 Å². The molecular weight excluding hydrogens is 286 g/mol. The Balaban J connectivity index is 2.33. The number of carboxylic acids is 1. The molecule has 0 aliphatic heterocycles. The average Bonchev–Trinajstić information content (AvgIpc) is 2.89. The molecule has 21 heavy (non-hydrogen) atoms. The van der Waals surface area contributed by atoms with Crippen molar-refractivity contribution in [2.75, 3.05) is 5.32 Å². The molecular formula is C16H17NO3S. The van der Waals surface area contributed by atoms with Crippen molar-refractivity contribution in [3.63, 3.8) is 0 Å². The van der Waals surface area contributed by atoms with Crippen molar-refractivity contribution in [2.24, 2.45) is 0 Å². The highest BCUT2D eigenvalue weighted by Crippen LogP contribution is 2.24. The zero-order valence-corrected chi connectivity index (χ0v) is 13.0. The summed E-state index contributed by atoms with van der Waals surface area (Å²) in [4.78, 5) is 24.2. The molecule has 0 aliphatic carbocycles. The lowest BCUT2D eigenvalue weighted by Crippen LogP contribution is -2.14. The quantitative estimate of drug-likeness (QED) is 0.900. The molecule has 0 saturated heterocycles. The van der Waals surface area contributed by atoms with Gasteiger partial charge in [-0.15, -0.1) is 11.3 Å². The first kappa shape index (κ1) is 15.3. The van der Waals surface area contributed by atoms with Crippen molar-refractivity contribution < 1.29 is 14.7 Å². The second kappa shape index (κ2) is 6.10. The summed E-state index contributed by atoms with van der Waals surface area (Å²) >= 11 is 1.39. The number of carbonyl (C=O) groups excluding carboxylic acids is 1. The molecule has 1 aromatic heterocycles. The monoisotopic (exact) mass is 303 g/mol. The van der Waals surface area contributed by atoms with Crippen LogP contribution in [-0.4, -0.2) is 17.0 Å². The number of aryl methyl sites for hydroxylation is 3. The number of hydrogen-bond donors (Lipinski definition) is 2. The van der Waals surface area contributed by atoms with Crippen LogP contribution in [0, 0.1) is 13.8 Å². The molecule has 0 saturated carbocycles. The van der Waals surface area contributed by atoms with E-state index in [2.05, 4.69) is 5.32 Å². The summed E-state index contributed by atoms with van der Waals surface area (Å²) < 4.78 is 0. The number of aromatic carboxylic acids is 1. The molecule has 5 heteroatoms. The molecule has 0 bridgehead atoms. The molecule has 1 aromatic carbocycles. The summed E-state index contributed by atoms with van der Waals surface area (Å²) in [5.41, 5.74) is 3.28.